The molecule has 0 aromatic heterocycles. The molecule has 0 amide bonds. The summed E-state index contributed by atoms with van der Waals surface area (Å²) in [5.74, 6) is 0.403. The maximum absolute atomic E-state index is 12.2. The summed E-state index contributed by atoms with van der Waals surface area (Å²) in [4.78, 5) is 1.54. The van der Waals surface area contributed by atoms with Crippen molar-refractivity contribution in [1.29, 1.82) is 0 Å². The molecule has 0 aromatic rings. The third kappa shape index (κ3) is 3.52. The fourth-order valence-corrected chi connectivity index (χ4v) is 2.00. The lowest BCUT2D eigenvalue weighted by Crippen LogP contribution is -2.37. The van der Waals surface area contributed by atoms with E-state index in [1.165, 1.54) is 4.90 Å². The van der Waals surface area contributed by atoms with Crippen LogP contribution in [0, 0.1) is 11.3 Å². The fraction of sp³-hybridized carbons (Fsp3) is 1.00. The minimum absolute atomic E-state index is 0.132. The van der Waals surface area contributed by atoms with E-state index in [0.717, 1.165) is 6.42 Å². The van der Waals surface area contributed by atoms with Crippen LogP contribution in [0.5, 0.6) is 0 Å². The van der Waals surface area contributed by atoms with Crippen molar-refractivity contribution in [1.82, 2.24) is 4.90 Å². The molecule has 0 aromatic carbocycles. The molecule has 0 bridgehead atoms. The van der Waals surface area contributed by atoms with Crippen LogP contribution in [0.15, 0.2) is 0 Å². The maximum atomic E-state index is 12.2. The molecule has 1 aliphatic rings. The van der Waals surface area contributed by atoms with Gasteiger partial charge in [0.2, 0.25) is 0 Å². The van der Waals surface area contributed by atoms with Gasteiger partial charge in [0.1, 0.15) is 0 Å². The summed E-state index contributed by atoms with van der Waals surface area (Å²) in [5, 5.41) is 0. The Labute approximate surface area is 83.7 Å². The van der Waals surface area contributed by atoms with E-state index in [1.807, 2.05) is 0 Å². The molecule has 1 fully saturated rings. The number of likely N-dealkylation sites (tertiary alicyclic amines) is 1. The average molecular weight is 208 g/mol. The lowest BCUT2D eigenvalue weighted by atomic mass is 9.80. The second kappa shape index (κ2) is 3.76. The summed E-state index contributed by atoms with van der Waals surface area (Å²) in [6.45, 7) is 2.84. The van der Waals surface area contributed by atoms with E-state index in [-0.39, 0.29) is 5.41 Å². The van der Waals surface area contributed by atoms with E-state index in [1.54, 1.807) is 0 Å². The van der Waals surface area contributed by atoms with Gasteiger partial charge in [-0.3, -0.25) is 0 Å². The number of hydrogen-bond donors (Lipinski definition) is 0. The van der Waals surface area contributed by atoms with Crippen molar-refractivity contribution < 1.29 is 12.9 Å². The molecule has 84 valence electrons. The van der Waals surface area contributed by atoms with E-state index in [9.17, 15) is 12.9 Å². The highest BCUT2D eigenvalue weighted by atomic mass is 19.4. The molecule has 0 N–H and O–H groups in total. The maximum Gasteiger partial charge on any atom is 0.492 e. The standard InChI is InChI=1S/C9H18BF3N/c1-9(2,3)8-4-5-14(6-8)7-10(11,12)13/h8H,4-7H2,1-3H3/q-1. The first-order chi connectivity index (χ1) is 6.18. The summed E-state index contributed by atoms with van der Waals surface area (Å²) >= 11 is 0. The Morgan fingerprint density at radius 1 is 1.29 bits per heavy atom. The summed E-state index contributed by atoms with van der Waals surface area (Å²) in [5.41, 5.74) is 0.132. The molecule has 1 atom stereocenters. The Morgan fingerprint density at radius 3 is 2.21 bits per heavy atom. The second-order valence-electron chi connectivity index (χ2n) is 5.32. The first-order valence-electron chi connectivity index (χ1n) is 5.12. The highest BCUT2D eigenvalue weighted by Crippen LogP contribution is 2.34. The molecule has 1 unspecified atom stereocenters. The van der Waals surface area contributed by atoms with E-state index in [2.05, 4.69) is 20.8 Å². The first kappa shape index (κ1) is 11.9. The van der Waals surface area contributed by atoms with Crippen LogP contribution in [-0.2, 0) is 0 Å². The van der Waals surface area contributed by atoms with Crippen LogP contribution >= 0.6 is 0 Å². The molecule has 1 rings (SSSR count). The van der Waals surface area contributed by atoms with Gasteiger partial charge in [-0.25, -0.2) is 0 Å². The van der Waals surface area contributed by atoms with Gasteiger partial charge >= 0.3 is 6.98 Å². The van der Waals surface area contributed by atoms with Gasteiger partial charge in [0.25, 0.3) is 0 Å². The molecule has 1 saturated heterocycles. The lowest BCUT2D eigenvalue weighted by Gasteiger charge is -2.28. The average Bonchev–Trinajstić information content (AvgIpc) is 2.29. The highest BCUT2D eigenvalue weighted by Gasteiger charge is 2.35. The monoisotopic (exact) mass is 208 g/mol. The number of hydrogen-bond acceptors (Lipinski definition) is 1. The molecule has 1 heterocycles. The summed E-state index contributed by atoms with van der Waals surface area (Å²) in [7, 11) is 0. The van der Waals surface area contributed by atoms with E-state index in [4.69, 9.17) is 0 Å². The van der Waals surface area contributed by atoms with Crippen LogP contribution in [0.3, 0.4) is 0 Å². The van der Waals surface area contributed by atoms with Crippen molar-refractivity contribution in [3.05, 3.63) is 0 Å². The van der Waals surface area contributed by atoms with Crippen molar-refractivity contribution in [2.75, 3.05) is 19.5 Å². The molecule has 0 radical (unpaired) electrons. The molecule has 1 aliphatic heterocycles. The van der Waals surface area contributed by atoms with Gasteiger partial charge in [-0.1, -0.05) is 20.8 Å². The molecule has 0 aliphatic carbocycles. The van der Waals surface area contributed by atoms with Crippen LogP contribution in [0.2, 0.25) is 0 Å². The predicted octanol–water partition coefficient (Wildman–Crippen LogP) is 2.74. The lowest BCUT2D eigenvalue weighted by molar-refractivity contribution is 0.231. The molecule has 0 spiro atoms. The quantitative estimate of drug-likeness (QED) is 0.630. The van der Waals surface area contributed by atoms with E-state index < -0.39 is 13.4 Å². The zero-order valence-electron chi connectivity index (χ0n) is 9.06. The molecule has 1 nitrogen and oxygen atoms in total. The highest BCUT2D eigenvalue weighted by molar-refractivity contribution is 6.58. The van der Waals surface area contributed by atoms with Gasteiger partial charge in [0.15, 0.2) is 0 Å². The zero-order valence-corrected chi connectivity index (χ0v) is 9.06. The Morgan fingerprint density at radius 2 is 1.86 bits per heavy atom. The first-order valence-corrected chi connectivity index (χ1v) is 5.12. The van der Waals surface area contributed by atoms with Crippen molar-refractivity contribution in [2.45, 2.75) is 27.2 Å². The molecule has 5 heteroatoms. The van der Waals surface area contributed by atoms with Crippen LogP contribution in [0.4, 0.5) is 12.9 Å². The van der Waals surface area contributed by atoms with Gasteiger partial charge in [0, 0.05) is 0 Å². The smallest absolute Gasteiger partial charge is 0.448 e. The Hall–Kier alpha value is -0.185. The number of halogens is 3. The summed E-state index contributed by atoms with van der Waals surface area (Å²) < 4.78 is 36.5. The van der Waals surface area contributed by atoms with E-state index in [0.29, 0.717) is 19.0 Å². The number of rotatable bonds is 2. The van der Waals surface area contributed by atoms with Crippen molar-refractivity contribution in [3.63, 3.8) is 0 Å². The summed E-state index contributed by atoms with van der Waals surface area (Å²) in [6.07, 6.45) is 0.211. The minimum Gasteiger partial charge on any atom is -0.448 e. The largest absolute Gasteiger partial charge is 0.492 e. The Bertz CT molecular complexity index is 197. The Kier molecular flexibility index (Phi) is 3.19. The van der Waals surface area contributed by atoms with Crippen LogP contribution in [0.25, 0.3) is 0 Å². The van der Waals surface area contributed by atoms with Gasteiger partial charge < -0.3 is 17.8 Å². The topological polar surface area (TPSA) is 3.24 Å². The third-order valence-corrected chi connectivity index (χ3v) is 2.96. The minimum atomic E-state index is -4.65. The van der Waals surface area contributed by atoms with Gasteiger partial charge in [-0.15, -0.1) is 0 Å². The van der Waals surface area contributed by atoms with Gasteiger partial charge in [-0.2, -0.15) is 0 Å². The SMILES string of the molecule is CC(C)(C)C1CCN(C[B-](F)(F)F)C1. The molecular weight excluding hydrogens is 190 g/mol. The molecule has 0 saturated carbocycles. The van der Waals surface area contributed by atoms with Crippen LogP contribution in [-0.4, -0.2) is 31.4 Å². The van der Waals surface area contributed by atoms with Crippen molar-refractivity contribution in [2.24, 2.45) is 11.3 Å². The van der Waals surface area contributed by atoms with Gasteiger partial charge in [-0.05, 0) is 37.3 Å². The number of nitrogens with zero attached hydrogens (tertiary/aromatic N) is 1. The Balaban J connectivity index is 2.42. The molecular formula is C9H18BF3N-. The second-order valence-corrected chi connectivity index (χ2v) is 5.32. The van der Waals surface area contributed by atoms with Crippen LogP contribution < -0.4 is 0 Å². The van der Waals surface area contributed by atoms with Crippen molar-refractivity contribution >= 4 is 6.98 Å². The summed E-state index contributed by atoms with van der Waals surface area (Å²) in [6, 6.07) is 0. The third-order valence-electron chi connectivity index (χ3n) is 2.96. The van der Waals surface area contributed by atoms with Gasteiger partial charge in [0.05, 0.1) is 0 Å². The van der Waals surface area contributed by atoms with Crippen LogP contribution in [0.1, 0.15) is 27.2 Å². The normalized spacial score (nSPS) is 25.7. The zero-order chi connectivity index (χ0) is 11.0. The molecule has 14 heavy (non-hydrogen) atoms. The predicted molar refractivity (Wildman–Crippen MR) is 53.1 cm³/mol. The fourth-order valence-electron chi connectivity index (χ4n) is 2.00. The van der Waals surface area contributed by atoms with E-state index >= 15 is 0 Å². The van der Waals surface area contributed by atoms with Crippen molar-refractivity contribution in [3.8, 4) is 0 Å².